The van der Waals surface area contributed by atoms with Crippen molar-refractivity contribution in [1.29, 1.82) is 0 Å². The van der Waals surface area contributed by atoms with Gasteiger partial charge in [-0.05, 0) is 91.8 Å². The van der Waals surface area contributed by atoms with Crippen molar-refractivity contribution in [3.8, 4) is 0 Å². The van der Waals surface area contributed by atoms with E-state index in [0.29, 0.717) is 23.4 Å². The molecule has 0 aromatic heterocycles. The minimum Gasteiger partial charge on any atom is -0.434 e. The maximum atomic E-state index is 12.3. The van der Waals surface area contributed by atoms with Gasteiger partial charge >= 0.3 is 6.16 Å². The Hall–Kier alpha value is -0.990. The lowest BCUT2D eigenvalue weighted by molar-refractivity contribution is -0.0568. The number of allylic oxidation sites excluding steroid dienone is 1. The zero-order valence-corrected chi connectivity index (χ0v) is 24.3. The average molecular weight is 501 g/mol. The Morgan fingerprint density at radius 2 is 1.78 bits per heavy atom. The average Bonchev–Trinajstić information content (AvgIpc) is 3.21. The molecule has 4 aliphatic rings. The van der Waals surface area contributed by atoms with Crippen molar-refractivity contribution >= 4 is 6.16 Å². The molecule has 4 rings (SSSR count). The van der Waals surface area contributed by atoms with Crippen LogP contribution in [0.4, 0.5) is 4.79 Å². The second kappa shape index (κ2) is 12.2. The summed E-state index contributed by atoms with van der Waals surface area (Å²) in [4.78, 5) is 12.3. The molecule has 0 aromatic carbocycles. The standard InChI is InChI=1S/C33H56O3/c1-6-8-9-10-11-12-13-25-15-17-29-28-16-14-26-22-27(36-31(34)35-23-24(3)7-2)18-20-33(26,5)30(28)19-21-32(25,29)4/h14,24-25,27-30H,6-13,15-23H2,1-5H3/t24-,25+,27-,28+,29-,30+,32+,33-/m0/s1. The molecule has 3 fully saturated rings. The first-order chi connectivity index (χ1) is 17.3. The van der Waals surface area contributed by atoms with Gasteiger partial charge in [0.2, 0.25) is 0 Å². The number of rotatable bonds is 11. The molecule has 0 amide bonds. The van der Waals surface area contributed by atoms with Crippen LogP contribution in [-0.4, -0.2) is 18.9 Å². The fourth-order valence-corrected chi connectivity index (χ4v) is 8.98. The topological polar surface area (TPSA) is 35.5 Å². The summed E-state index contributed by atoms with van der Waals surface area (Å²) in [7, 11) is 0. The summed E-state index contributed by atoms with van der Waals surface area (Å²) in [6, 6.07) is 0. The molecule has 8 atom stereocenters. The summed E-state index contributed by atoms with van der Waals surface area (Å²) in [6.07, 6.45) is 23.2. The lowest BCUT2D eigenvalue weighted by Crippen LogP contribution is -2.50. The van der Waals surface area contributed by atoms with Gasteiger partial charge in [0.05, 0.1) is 6.61 Å². The van der Waals surface area contributed by atoms with Crippen LogP contribution >= 0.6 is 0 Å². The summed E-state index contributed by atoms with van der Waals surface area (Å²) in [5.74, 6) is 3.95. The molecule has 0 heterocycles. The van der Waals surface area contributed by atoms with Crippen LogP contribution in [0.3, 0.4) is 0 Å². The molecule has 3 nitrogen and oxygen atoms in total. The highest BCUT2D eigenvalue weighted by molar-refractivity contribution is 5.60. The summed E-state index contributed by atoms with van der Waals surface area (Å²) in [5.41, 5.74) is 2.47. The molecule has 0 unspecified atom stereocenters. The van der Waals surface area contributed by atoms with E-state index >= 15 is 0 Å². The Morgan fingerprint density at radius 3 is 2.56 bits per heavy atom. The number of hydrogen-bond acceptors (Lipinski definition) is 3. The second-order valence-electron chi connectivity index (χ2n) is 13.7. The zero-order valence-electron chi connectivity index (χ0n) is 24.3. The molecule has 0 aromatic rings. The molecule has 0 radical (unpaired) electrons. The molecule has 4 aliphatic carbocycles. The van der Waals surface area contributed by atoms with Gasteiger partial charge in [0.1, 0.15) is 6.10 Å². The number of carbonyl (C=O) groups is 1. The Balaban J connectivity index is 1.32. The van der Waals surface area contributed by atoms with E-state index in [4.69, 9.17) is 9.47 Å². The molecular weight excluding hydrogens is 444 g/mol. The van der Waals surface area contributed by atoms with E-state index in [1.54, 1.807) is 5.57 Å². The summed E-state index contributed by atoms with van der Waals surface area (Å²) < 4.78 is 11.2. The monoisotopic (exact) mass is 500 g/mol. The highest BCUT2D eigenvalue weighted by Crippen LogP contribution is 2.66. The normalized spacial score (nSPS) is 38.4. The molecule has 36 heavy (non-hydrogen) atoms. The maximum Gasteiger partial charge on any atom is 0.508 e. The van der Waals surface area contributed by atoms with Crippen molar-refractivity contribution in [3.63, 3.8) is 0 Å². The van der Waals surface area contributed by atoms with Gasteiger partial charge in [0, 0.05) is 6.42 Å². The predicted molar refractivity (Wildman–Crippen MR) is 149 cm³/mol. The van der Waals surface area contributed by atoms with Crippen LogP contribution in [0.5, 0.6) is 0 Å². The second-order valence-corrected chi connectivity index (χ2v) is 13.7. The van der Waals surface area contributed by atoms with E-state index in [9.17, 15) is 4.79 Å². The maximum absolute atomic E-state index is 12.3. The Kier molecular flexibility index (Phi) is 9.54. The van der Waals surface area contributed by atoms with Gasteiger partial charge in [-0.25, -0.2) is 4.79 Å². The first-order valence-corrected chi connectivity index (χ1v) is 15.8. The van der Waals surface area contributed by atoms with E-state index in [1.807, 2.05) is 0 Å². The predicted octanol–water partition coefficient (Wildman–Crippen LogP) is 9.88. The molecule has 0 saturated heterocycles. The molecule has 3 heteroatoms. The third-order valence-electron chi connectivity index (χ3n) is 11.6. The van der Waals surface area contributed by atoms with Crippen molar-refractivity contribution < 1.29 is 14.3 Å². The van der Waals surface area contributed by atoms with Gasteiger partial charge in [-0.3, -0.25) is 0 Å². The minimum atomic E-state index is -0.464. The summed E-state index contributed by atoms with van der Waals surface area (Å²) in [5, 5.41) is 0. The van der Waals surface area contributed by atoms with E-state index < -0.39 is 6.16 Å². The molecule has 0 spiro atoms. The van der Waals surface area contributed by atoms with Gasteiger partial charge < -0.3 is 9.47 Å². The lowest BCUT2D eigenvalue weighted by atomic mass is 9.47. The van der Waals surface area contributed by atoms with Crippen LogP contribution < -0.4 is 0 Å². The first-order valence-electron chi connectivity index (χ1n) is 15.8. The van der Waals surface area contributed by atoms with Gasteiger partial charge in [-0.1, -0.05) is 91.2 Å². The van der Waals surface area contributed by atoms with E-state index in [1.165, 1.54) is 77.0 Å². The Morgan fingerprint density at radius 1 is 1.00 bits per heavy atom. The Bertz CT molecular complexity index is 758. The fraction of sp³-hybridized carbons (Fsp3) is 0.909. The fourth-order valence-electron chi connectivity index (χ4n) is 8.98. The number of fused-ring (bicyclic) bond motifs is 5. The van der Waals surface area contributed by atoms with Crippen LogP contribution in [0.1, 0.15) is 137 Å². The molecular formula is C33H56O3. The number of ether oxygens (including phenoxy) is 2. The number of carbonyl (C=O) groups excluding carboxylic acids is 1. The molecule has 0 aliphatic heterocycles. The van der Waals surface area contributed by atoms with E-state index in [-0.39, 0.29) is 6.10 Å². The highest BCUT2D eigenvalue weighted by Gasteiger charge is 2.58. The highest BCUT2D eigenvalue weighted by atomic mass is 16.7. The molecule has 0 N–H and O–H groups in total. The van der Waals surface area contributed by atoms with Crippen molar-refractivity contribution in [1.82, 2.24) is 0 Å². The largest absolute Gasteiger partial charge is 0.508 e. The molecule has 3 saturated carbocycles. The van der Waals surface area contributed by atoms with Crippen LogP contribution in [-0.2, 0) is 9.47 Å². The molecule has 206 valence electrons. The smallest absolute Gasteiger partial charge is 0.434 e. The van der Waals surface area contributed by atoms with Gasteiger partial charge in [-0.2, -0.15) is 0 Å². The van der Waals surface area contributed by atoms with Crippen molar-refractivity contribution in [3.05, 3.63) is 11.6 Å². The van der Waals surface area contributed by atoms with Gasteiger partial charge in [-0.15, -0.1) is 0 Å². The van der Waals surface area contributed by atoms with Crippen LogP contribution in [0.25, 0.3) is 0 Å². The molecule has 0 bridgehead atoms. The van der Waals surface area contributed by atoms with Crippen LogP contribution in [0.2, 0.25) is 0 Å². The van der Waals surface area contributed by atoms with Gasteiger partial charge in [0.15, 0.2) is 0 Å². The van der Waals surface area contributed by atoms with E-state index in [2.05, 4.69) is 40.7 Å². The van der Waals surface area contributed by atoms with Crippen LogP contribution in [0.15, 0.2) is 11.6 Å². The van der Waals surface area contributed by atoms with Gasteiger partial charge in [0.25, 0.3) is 0 Å². The lowest BCUT2D eigenvalue weighted by Gasteiger charge is -2.58. The SMILES string of the molecule is CCCCCCCC[C@@H]1CC[C@H]2[C@H]3CC=C4C[C@@H](OC(=O)OC[C@@H](C)CC)CC[C@]4(C)[C@@H]3CC[C@]12C. The third kappa shape index (κ3) is 5.85. The number of hydrogen-bond donors (Lipinski definition) is 0. The summed E-state index contributed by atoms with van der Waals surface area (Å²) in [6.45, 7) is 12.2. The zero-order chi connectivity index (χ0) is 25.8. The van der Waals surface area contributed by atoms with Crippen molar-refractivity contribution in [2.24, 2.45) is 40.4 Å². The quantitative estimate of drug-likeness (QED) is 0.161. The third-order valence-corrected chi connectivity index (χ3v) is 11.6. The number of unbranched alkanes of at least 4 members (excludes halogenated alkanes) is 5. The van der Waals surface area contributed by atoms with E-state index in [0.717, 1.165) is 49.4 Å². The van der Waals surface area contributed by atoms with Crippen molar-refractivity contribution in [2.75, 3.05) is 6.61 Å². The Labute approximate surface area is 222 Å². The summed E-state index contributed by atoms with van der Waals surface area (Å²) >= 11 is 0. The van der Waals surface area contributed by atoms with Crippen LogP contribution in [0, 0.1) is 40.4 Å². The first kappa shape index (κ1) is 28.0. The van der Waals surface area contributed by atoms with Crippen molar-refractivity contribution in [2.45, 2.75) is 143 Å². The minimum absolute atomic E-state index is 0.00708.